The van der Waals surface area contributed by atoms with Gasteiger partial charge in [0.15, 0.2) is 11.5 Å². The molecule has 0 saturated heterocycles. The molecular formula is C32H44O8. The molecule has 220 valence electrons. The van der Waals surface area contributed by atoms with Gasteiger partial charge in [0.2, 0.25) is 5.78 Å². The summed E-state index contributed by atoms with van der Waals surface area (Å²) >= 11 is 0. The number of aliphatic hydroxyl groups excluding tert-OH is 2. The van der Waals surface area contributed by atoms with Crippen molar-refractivity contribution in [2.45, 2.75) is 98.9 Å². The van der Waals surface area contributed by atoms with Gasteiger partial charge in [-0.05, 0) is 82.4 Å². The van der Waals surface area contributed by atoms with E-state index < -0.39 is 62.6 Å². The van der Waals surface area contributed by atoms with Gasteiger partial charge in [-0.1, -0.05) is 32.4 Å². The van der Waals surface area contributed by atoms with E-state index in [1.54, 1.807) is 27.7 Å². The second kappa shape index (κ2) is 8.96. The van der Waals surface area contributed by atoms with E-state index in [0.717, 1.165) is 5.57 Å². The highest BCUT2D eigenvalue weighted by molar-refractivity contribution is 6.02. The van der Waals surface area contributed by atoms with Crippen LogP contribution in [0.15, 0.2) is 35.6 Å². The number of rotatable bonds is 5. The number of aliphatic hydroxyl groups is 3. The Morgan fingerprint density at radius 3 is 2.25 bits per heavy atom. The van der Waals surface area contributed by atoms with Crippen LogP contribution in [-0.4, -0.2) is 55.9 Å². The third-order valence-electron chi connectivity index (χ3n) is 11.2. The molecule has 0 aromatic carbocycles. The second-order valence-corrected chi connectivity index (χ2v) is 14.4. The van der Waals surface area contributed by atoms with Crippen molar-refractivity contribution in [3.8, 4) is 0 Å². The Bertz CT molecular complexity index is 1270. The minimum absolute atomic E-state index is 0.0249. The third-order valence-corrected chi connectivity index (χ3v) is 11.2. The van der Waals surface area contributed by atoms with Crippen molar-refractivity contribution in [2.24, 2.45) is 39.4 Å². The lowest BCUT2D eigenvalue weighted by molar-refractivity contribution is -0.179. The molecule has 0 heterocycles. The molecule has 0 aliphatic heterocycles. The lowest BCUT2D eigenvalue weighted by atomic mass is 9.39. The van der Waals surface area contributed by atoms with Gasteiger partial charge in [0.05, 0.1) is 11.5 Å². The van der Waals surface area contributed by atoms with Crippen LogP contribution in [0.2, 0.25) is 0 Å². The Labute approximate surface area is 236 Å². The van der Waals surface area contributed by atoms with E-state index in [9.17, 15) is 34.5 Å². The second-order valence-electron chi connectivity index (χ2n) is 14.4. The number of Topliss-reactive ketones (excluding diaryl/α,β-unsaturated/α-hetero) is 2. The van der Waals surface area contributed by atoms with Crippen molar-refractivity contribution in [3.63, 3.8) is 0 Å². The minimum atomic E-state index is -2.00. The molecule has 0 bridgehead atoms. The summed E-state index contributed by atoms with van der Waals surface area (Å²) in [6.07, 6.45) is 5.89. The van der Waals surface area contributed by atoms with Crippen LogP contribution in [-0.2, 0) is 23.9 Å². The first-order valence-corrected chi connectivity index (χ1v) is 14.1. The fourth-order valence-electron chi connectivity index (χ4n) is 8.98. The summed E-state index contributed by atoms with van der Waals surface area (Å²) in [5.74, 6) is -3.61. The fourth-order valence-corrected chi connectivity index (χ4v) is 8.98. The van der Waals surface area contributed by atoms with Gasteiger partial charge in [0.25, 0.3) is 0 Å². The van der Waals surface area contributed by atoms with E-state index in [1.165, 1.54) is 32.1 Å². The van der Waals surface area contributed by atoms with E-state index in [-0.39, 0.29) is 36.1 Å². The average Bonchev–Trinajstić information content (AvgIpc) is 3.01. The lowest BCUT2D eigenvalue weighted by Crippen LogP contribution is -2.64. The highest BCUT2D eigenvalue weighted by atomic mass is 16.6. The smallest absolute Gasteiger partial charge is 0.303 e. The minimum Gasteiger partial charge on any atom is -0.505 e. The number of fused-ring (bicyclic) bond motifs is 5. The molecule has 3 N–H and O–H groups in total. The van der Waals surface area contributed by atoms with Gasteiger partial charge in [0, 0.05) is 30.6 Å². The van der Waals surface area contributed by atoms with Crippen molar-refractivity contribution in [1.82, 2.24) is 0 Å². The van der Waals surface area contributed by atoms with Crippen molar-refractivity contribution in [1.29, 1.82) is 0 Å². The van der Waals surface area contributed by atoms with Gasteiger partial charge < -0.3 is 20.1 Å². The molecule has 0 radical (unpaired) electrons. The largest absolute Gasteiger partial charge is 0.505 e. The number of carbonyl (C=O) groups is 4. The van der Waals surface area contributed by atoms with Crippen LogP contribution in [0.1, 0.15) is 81.6 Å². The molecule has 40 heavy (non-hydrogen) atoms. The highest BCUT2D eigenvalue weighted by Gasteiger charge is 2.74. The van der Waals surface area contributed by atoms with E-state index in [1.807, 2.05) is 26.8 Å². The van der Waals surface area contributed by atoms with E-state index >= 15 is 0 Å². The lowest BCUT2D eigenvalue weighted by Gasteiger charge is -2.63. The first kappa shape index (κ1) is 30.4. The van der Waals surface area contributed by atoms with Crippen LogP contribution in [0.3, 0.4) is 0 Å². The summed E-state index contributed by atoms with van der Waals surface area (Å²) < 4.78 is 5.22. The van der Waals surface area contributed by atoms with Gasteiger partial charge >= 0.3 is 5.97 Å². The van der Waals surface area contributed by atoms with Crippen molar-refractivity contribution in [2.75, 3.05) is 0 Å². The van der Waals surface area contributed by atoms with Crippen molar-refractivity contribution in [3.05, 3.63) is 35.6 Å². The SMILES string of the molecule is CC(=O)OC(C)(C)/C=C/C(=O)C(C)(O)[C@H]1[C@@H](O)C[C@@]2(C)[C@@H]3CC=C4[C@@H](C=C(O)C(=O)C4(C)C)[C@]3(C)C(=O)C[C@]12C. The number of carbonyl (C=O) groups excluding carboxylic acids is 4. The van der Waals surface area contributed by atoms with Crippen molar-refractivity contribution < 1.29 is 39.2 Å². The maximum absolute atomic E-state index is 14.3. The zero-order valence-electron chi connectivity index (χ0n) is 25.1. The number of allylic oxidation sites excluding steroid dienone is 4. The Hall–Kier alpha value is -2.58. The predicted molar refractivity (Wildman–Crippen MR) is 148 cm³/mol. The molecule has 4 rings (SSSR count). The molecule has 8 atom stereocenters. The maximum atomic E-state index is 14.3. The van der Waals surface area contributed by atoms with Gasteiger partial charge in [-0.3, -0.25) is 19.2 Å². The van der Waals surface area contributed by atoms with Crippen LogP contribution in [0.5, 0.6) is 0 Å². The molecule has 8 nitrogen and oxygen atoms in total. The molecular weight excluding hydrogens is 512 g/mol. The summed E-state index contributed by atoms with van der Waals surface area (Å²) in [7, 11) is 0. The molecule has 0 aromatic heterocycles. The normalized spacial score (nSPS) is 40.4. The summed E-state index contributed by atoms with van der Waals surface area (Å²) in [6.45, 7) is 15.3. The van der Waals surface area contributed by atoms with Gasteiger partial charge in [-0.2, -0.15) is 0 Å². The summed E-state index contributed by atoms with van der Waals surface area (Å²) in [5.41, 5.74) is -5.72. The molecule has 2 saturated carbocycles. The number of hydrogen-bond donors (Lipinski definition) is 3. The predicted octanol–water partition coefficient (Wildman–Crippen LogP) is 4.19. The monoisotopic (exact) mass is 556 g/mol. The summed E-state index contributed by atoms with van der Waals surface area (Å²) in [5, 5.41) is 33.8. The molecule has 4 aliphatic carbocycles. The van der Waals surface area contributed by atoms with Gasteiger partial charge in [-0.25, -0.2) is 0 Å². The van der Waals surface area contributed by atoms with E-state index in [2.05, 4.69) is 0 Å². The van der Waals surface area contributed by atoms with Crippen LogP contribution >= 0.6 is 0 Å². The topological polar surface area (TPSA) is 138 Å². The Balaban J connectivity index is 1.76. The molecule has 0 amide bonds. The average molecular weight is 557 g/mol. The quantitative estimate of drug-likeness (QED) is 0.260. The third kappa shape index (κ3) is 4.00. The molecule has 4 aliphatic rings. The standard InChI is InChI=1S/C32H44O8/c1-17(33)40-27(2,3)13-12-23(36)32(9,39)25-21(35)15-29(6)22-11-10-18-19(14-20(34)26(38)28(18,4)5)31(22,8)24(37)16-30(25,29)7/h10,12-14,19,21-22,25,34-35,39H,11,15-16H2,1-9H3/b13-12+/t19-,21+,22+,25+,29+,30-,31+,32?/m1/s1. The first-order valence-electron chi connectivity index (χ1n) is 14.1. The van der Waals surface area contributed by atoms with Crippen LogP contribution in [0.25, 0.3) is 0 Å². The number of ketones is 3. The summed E-state index contributed by atoms with van der Waals surface area (Å²) in [6, 6.07) is 0. The number of esters is 1. The van der Waals surface area contributed by atoms with Gasteiger partial charge in [-0.15, -0.1) is 0 Å². The van der Waals surface area contributed by atoms with Gasteiger partial charge in [0.1, 0.15) is 17.0 Å². The van der Waals surface area contributed by atoms with Crippen LogP contribution in [0.4, 0.5) is 0 Å². The Morgan fingerprint density at radius 1 is 1.07 bits per heavy atom. The van der Waals surface area contributed by atoms with Crippen LogP contribution in [0, 0.1) is 39.4 Å². The zero-order valence-corrected chi connectivity index (χ0v) is 25.1. The molecule has 1 unspecified atom stereocenters. The zero-order chi connectivity index (χ0) is 30.4. The molecule has 0 aromatic rings. The highest BCUT2D eigenvalue weighted by Crippen LogP contribution is 2.73. The number of ether oxygens (including phenoxy) is 1. The fraction of sp³-hybridized carbons (Fsp3) is 0.688. The molecule has 0 spiro atoms. The van der Waals surface area contributed by atoms with Crippen molar-refractivity contribution >= 4 is 23.3 Å². The van der Waals surface area contributed by atoms with E-state index in [0.29, 0.717) is 6.42 Å². The van der Waals surface area contributed by atoms with E-state index in [4.69, 9.17) is 4.74 Å². The molecule has 2 fully saturated rings. The first-order chi connectivity index (χ1) is 18.1. The van der Waals surface area contributed by atoms with Crippen LogP contribution < -0.4 is 0 Å². The summed E-state index contributed by atoms with van der Waals surface area (Å²) in [4.78, 5) is 52.0. The number of hydrogen-bond acceptors (Lipinski definition) is 8. The maximum Gasteiger partial charge on any atom is 0.303 e. The Morgan fingerprint density at radius 2 is 1.68 bits per heavy atom. The molecule has 8 heteroatoms. The Kier molecular flexibility index (Phi) is 6.80.